The van der Waals surface area contributed by atoms with Gasteiger partial charge in [-0.1, -0.05) is 18.2 Å². The molecule has 0 aliphatic rings. The maximum atomic E-state index is 12.0. The summed E-state index contributed by atoms with van der Waals surface area (Å²) in [5, 5.41) is 13.1. The number of non-ortho nitro benzene ring substituents is 1. The van der Waals surface area contributed by atoms with Crippen LogP contribution < -0.4 is 5.32 Å². The van der Waals surface area contributed by atoms with Gasteiger partial charge in [0.1, 0.15) is 0 Å². The number of hydrogen-bond acceptors (Lipinski definition) is 4. The van der Waals surface area contributed by atoms with Gasteiger partial charge in [-0.15, -0.1) is 0 Å². The zero-order chi connectivity index (χ0) is 16.8. The van der Waals surface area contributed by atoms with Gasteiger partial charge in [-0.2, -0.15) is 0 Å². The van der Waals surface area contributed by atoms with E-state index in [0.717, 1.165) is 5.56 Å². The lowest BCUT2D eigenvalue weighted by Gasteiger charge is -2.00. The fourth-order valence-electron chi connectivity index (χ4n) is 1.91. The molecule has 2 aromatic rings. The summed E-state index contributed by atoms with van der Waals surface area (Å²) in [6.45, 7) is 0. The van der Waals surface area contributed by atoms with Crippen molar-refractivity contribution >= 4 is 23.5 Å². The van der Waals surface area contributed by atoms with E-state index >= 15 is 0 Å². The third-order valence-corrected chi connectivity index (χ3v) is 3.19. The second-order valence-electron chi connectivity index (χ2n) is 4.70. The van der Waals surface area contributed by atoms with E-state index in [1.165, 1.54) is 30.3 Å². The van der Waals surface area contributed by atoms with Crippen LogP contribution in [0.15, 0.2) is 54.6 Å². The number of carbonyl (C=O) groups is 2. The molecule has 0 saturated heterocycles. The summed E-state index contributed by atoms with van der Waals surface area (Å²) in [5.74, 6) is -0.433. The Morgan fingerprint density at radius 1 is 1.00 bits per heavy atom. The molecule has 0 atom stereocenters. The van der Waals surface area contributed by atoms with Crippen LogP contribution in [0.3, 0.4) is 0 Å². The maximum Gasteiger partial charge on any atom is 0.269 e. The second-order valence-corrected chi connectivity index (χ2v) is 4.70. The fourth-order valence-corrected chi connectivity index (χ4v) is 1.91. The first-order valence-electron chi connectivity index (χ1n) is 6.80. The van der Waals surface area contributed by atoms with Crippen molar-refractivity contribution in [2.45, 2.75) is 0 Å². The molecule has 6 nitrogen and oxygen atoms in total. The molecule has 0 aliphatic carbocycles. The highest BCUT2D eigenvalue weighted by Gasteiger charge is 2.07. The van der Waals surface area contributed by atoms with Crippen LogP contribution in [0.1, 0.15) is 26.3 Å². The molecule has 1 amide bonds. The number of allylic oxidation sites excluding steroid dienone is 1. The molecule has 0 bridgehead atoms. The molecule has 0 aromatic heterocycles. The Morgan fingerprint density at radius 2 is 1.57 bits per heavy atom. The minimum Gasteiger partial charge on any atom is -0.355 e. The number of carbonyl (C=O) groups excluding carboxylic acids is 2. The quantitative estimate of drug-likeness (QED) is 0.398. The molecule has 2 aromatic carbocycles. The minimum atomic E-state index is -0.516. The van der Waals surface area contributed by atoms with E-state index in [2.05, 4.69) is 5.32 Å². The summed E-state index contributed by atoms with van der Waals surface area (Å²) >= 11 is 0. The molecular formula is C17H14N2O4. The van der Waals surface area contributed by atoms with E-state index in [4.69, 9.17) is 0 Å². The van der Waals surface area contributed by atoms with Crippen molar-refractivity contribution in [1.82, 2.24) is 5.32 Å². The number of rotatable bonds is 5. The molecule has 0 unspecified atom stereocenters. The van der Waals surface area contributed by atoms with Gasteiger partial charge in [0.25, 0.3) is 11.6 Å². The number of nitro groups is 1. The number of nitrogens with one attached hydrogen (secondary N) is 1. The summed E-state index contributed by atoms with van der Waals surface area (Å²) in [4.78, 5) is 33.5. The standard InChI is InChI=1S/C17H14N2O4/c1-18-17(21)14-5-2-12(3-6-14)4-11-16(20)13-7-9-15(10-8-13)19(22)23/h2-11H,1H3,(H,18,21)/b11-4+. The van der Waals surface area contributed by atoms with Crippen LogP contribution >= 0.6 is 0 Å². The number of amides is 1. The molecule has 2 rings (SSSR count). The van der Waals surface area contributed by atoms with Gasteiger partial charge in [0, 0.05) is 30.3 Å². The lowest BCUT2D eigenvalue weighted by atomic mass is 10.1. The topological polar surface area (TPSA) is 89.3 Å². The van der Waals surface area contributed by atoms with Crippen molar-refractivity contribution in [2.75, 3.05) is 7.05 Å². The average Bonchev–Trinajstić information content (AvgIpc) is 2.59. The summed E-state index contributed by atoms with van der Waals surface area (Å²) < 4.78 is 0. The van der Waals surface area contributed by atoms with Crippen molar-refractivity contribution in [3.05, 3.63) is 81.4 Å². The molecule has 6 heteroatoms. The summed E-state index contributed by atoms with van der Waals surface area (Å²) in [6, 6.07) is 12.2. The average molecular weight is 310 g/mol. The Morgan fingerprint density at radius 3 is 2.09 bits per heavy atom. The number of benzene rings is 2. The number of hydrogen-bond donors (Lipinski definition) is 1. The van der Waals surface area contributed by atoms with E-state index in [9.17, 15) is 19.7 Å². The molecule has 1 N–H and O–H groups in total. The van der Waals surface area contributed by atoms with Crippen LogP contribution in [0.2, 0.25) is 0 Å². The Hall–Kier alpha value is -3.28. The normalized spacial score (nSPS) is 10.5. The predicted octanol–water partition coefficient (Wildman–Crippen LogP) is 2.85. The minimum absolute atomic E-state index is 0.0599. The second kappa shape index (κ2) is 7.13. The molecule has 0 radical (unpaired) electrons. The number of ketones is 1. The SMILES string of the molecule is CNC(=O)c1ccc(/C=C/C(=O)c2ccc([N+](=O)[O-])cc2)cc1. The molecule has 0 spiro atoms. The van der Waals surface area contributed by atoms with Gasteiger partial charge >= 0.3 is 0 Å². The number of nitrogens with zero attached hydrogens (tertiary/aromatic N) is 1. The third-order valence-electron chi connectivity index (χ3n) is 3.19. The van der Waals surface area contributed by atoms with E-state index in [1.807, 2.05) is 0 Å². The molecule has 0 fully saturated rings. The largest absolute Gasteiger partial charge is 0.355 e. The predicted molar refractivity (Wildman–Crippen MR) is 86.3 cm³/mol. The van der Waals surface area contributed by atoms with Crippen molar-refractivity contribution in [2.24, 2.45) is 0 Å². The van der Waals surface area contributed by atoms with Crippen LogP contribution in [0.4, 0.5) is 5.69 Å². The van der Waals surface area contributed by atoms with Crippen molar-refractivity contribution in [3.8, 4) is 0 Å². The lowest BCUT2D eigenvalue weighted by molar-refractivity contribution is -0.384. The van der Waals surface area contributed by atoms with E-state index in [-0.39, 0.29) is 17.4 Å². The van der Waals surface area contributed by atoms with Crippen molar-refractivity contribution < 1.29 is 14.5 Å². The maximum absolute atomic E-state index is 12.0. The Labute approximate surface area is 132 Å². The monoisotopic (exact) mass is 310 g/mol. The first-order valence-corrected chi connectivity index (χ1v) is 6.80. The highest BCUT2D eigenvalue weighted by molar-refractivity contribution is 6.07. The first-order chi connectivity index (χ1) is 11.0. The molecule has 0 saturated carbocycles. The van der Waals surface area contributed by atoms with Crippen molar-refractivity contribution in [1.29, 1.82) is 0 Å². The number of nitro benzene ring substituents is 1. The van der Waals surface area contributed by atoms with E-state index in [0.29, 0.717) is 11.1 Å². The Bertz CT molecular complexity index is 762. The smallest absolute Gasteiger partial charge is 0.269 e. The molecule has 0 aliphatic heterocycles. The van der Waals surface area contributed by atoms with Gasteiger partial charge in [0.05, 0.1) is 4.92 Å². The molecular weight excluding hydrogens is 296 g/mol. The highest BCUT2D eigenvalue weighted by Crippen LogP contribution is 2.13. The molecule has 116 valence electrons. The summed E-state index contributed by atoms with van der Waals surface area (Å²) in [5.41, 5.74) is 1.61. The van der Waals surface area contributed by atoms with Gasteiger partial charge in [0.2, 0.25) is 0 Å². The van der Waals surface area contributed by atoms with E-state index < -0.39 is 4.92 Å². The van der Waals surface area contributed by atoms with Gasteiger partial charge in [-0.05, 0) is 35.9 Å². The summed E-state index contributed by atoms with van der Waals surface area (Å²) in [6.07, 6.45) is 3.01. The van der Waals surface area contributed by atoms with Gasteiger partial charge in [0.15, 0.2) is 5.78 Å². The van der Waals surface area contributed by atoms with E-state index in [1.54, 1.807) is 37.4 Å². The molecule has 0 heterocycles. The van der Waals surface area contributed by atoms with Gasteiger partial charge < -0.3 is 5.32 Å². The Balaban J connectivity index is 2.08. The highest BCUT2D eigenvalue weighted by atomic mass is 16.6. The lowest BCUT2D eigenvalue weighted by Crippen LogP contribution is -2.17. The zero-order valence-corrected chi connectivity index (χ0v) is 12.4. The van der Waals surface area contributed by atoms with Crippen LogP contribution in [0, 0.1) is 10.1 Å². The van der Waals surface area contributed by atoms with Crippen LogP contribution in [-0.4, -0.2) is 23.7 Å². The third kappa shape index (κ3) is 4.10. The summed E-state index contributed by atoms with van der Waals surface area (Å²) in [7, 11) is 1.55. The fraction of sp³-hybridized carbons (Fsp3) is 0.0588. The van der Waals surface area contributed by atoms with Crippen molar-refractivity contribution in [3.63, 3.8) is 0 Å². The van der Waals surface area contributed by atoms with Crippen LogP contribution in [-0.2, 0) is 0 Å². The first kappa shape index (κ1) is 16.1. The zero-order valence-electron chi connectivity index (χ0n) is 12.4. The van der Waals surface area contributed by atoms with Crippen LogP contribution in [0.5, 0.6) is 0 Å². The Kier molecular flexibility index (Phi) is 4.99. The molecule has 23 heavy (non-hydrogen) atoms. The van der Waals surface area contributed by atoms with Crippen LogP contribution in [0.25, 0.3) is 6.08 Å². The van der Waals surface area contributed by atoms with Gasteiger partial charge in [-0.25, -0.2) is 0 Å². The van der Waals surface area contributed by atoms with Gasteiger partial charge in [-0.3, -0.25) is 19.7 Å².